The minimum absolute atomic E-state index is 0.00266. The second kappa shape index (κ2) is 4.25. The van der Waals surface area contributed by atoms with Crippen LogP contribution in [-0.2, 0) is 12.9 Å². The molecule has 0 aromatic heterocycles. The van der Waals surface area contributed by atoms with Gasteiger partial charge < -0.3 is 0 Å². The number of halogens is 4. The van der Waals surface area contributed by atoms with Crippen molar-refractivity contribution in [3.8, 4) is 0 Å². The van der Waals surface area contributed by atoms with Crippen molar-refractivity contribution in [2.75, 3.05) is 0 Å². The maximum atomic E-state index is 12.4. The van der Waals surface area contributed by atoms with Crippen molar-refractivity contribution in [1.82, 2.24) is 0 Å². The predicted molar refractivity (Wildman–Crippen MR) is 50.4 cm³/mol. The van der Waals surface area contributed by atoms with Crippen molar-refractivity contribution in [2.24, 2.45) is 0 Å². The molecule has 0 bridgehead atoms. The minimum atomic E-state index is -4.46. The summed E-state index contributed by atoms with van der Waals surface area (Å²) in [5.74, 6) is -0.544. The van der Waals surface area contributed by atoms with Gasteiger partial charge in [-0.2, -0.15) is 13.2 Å². The summed E-state index contributed by atoms with van der Waals surface area (Å²) in [7, 11) is 5.46. The summed E-state index contributed by atoms with van der Waals surface area (Å²) in [4.78, 5) is 0. The molecule has 1 rings (SSSR count). The van der Waals surface area contributed by atoms with Crippen LogP contribution >= 0.6 is 0 Å². The van der Waals surface area contributed by atoms with Crippen LogP contribution in [0.15, 0.2) is 18.2 Å². The highest BCUT2D eigenvalue weighted by atomic mass is 19.4. The average Bonchev–Trinajstić information content (AvgIpc) is 2.15. The van der Waals surface area contributed by atoms with Crippen LogP contribution in [0.5, 0.6) is 0 Å². The van der Waals surface area contributed by atoms with Crippen molar-refractivity contribution in [3.63, 3.8) is 0 Å². The highest BCUT2D eigenvalue weighted by Gasteiger charge is 2.31. The van der Waals surface area contributed by atoms with Crippen LogP contribution in [0.1, 0.15) is 29.4 Å². The maximum Gasteiger partial charge on any atom is 0.416 e. The van der Waals surface area contributed by atoms with E-state index in [1.807, 2.05) is 0 Å². The third-order valence-electron chi connectivity index (χ3n) is 2.02. The van der Waals surface area contributed by atoms with Gasteiger partial charge in [0.15, 0.2) is 0 Å². The smallest absolute Gasteiger partial charge is 0.246 e. The minimum Gasteiger partial charge on any atom is -0.246 e. The monoisotopic (exact) mass is 216 g/mol. The van der Waals surface area contributed by atoms with Gasteiger partial charge in [-0.3, -0.25) is 0 Å². The third-order valence-corrected chi connectivity index (χ3v) is 2.02. The van der Waals surface area contributed by atoms with Crippen molar-refractivity contribution in [2.45, 2.75) is 25.6 Å². The molecule has 0 saturated carbocycles. The van der Waals surface area contributed by atoms with Crippen LogP contribution in [0.2, 0.25) is 0 Å². The van der Waals surface area contributed by atoms with Gasteiger partial charge in [0.2, 0.25) is 0 Å². The first-order chi connectivity index (χ1) is 6.84. The lowest BCUT2D eigenvalue weighted by Gasteiger charge is -2.13. The molecule has 15 heavy (non-hydrogen) atoms. The van der Waals surface area contributed by atoms with E-state index in [2.05, 4.69) is 0 Å². The number of alkyl halides is 4. The van der Waals surface area contributed by atoms with Crippen LogP contribution in [0, 0.1) is 0 Å². The zero-order chi connectivity index (χ0) is 11.6. The van der Waals surface area contributed by atoms with Crippen LogP contribution in [0.25, 0.3) is 0 Å². The highest BCUT2D eigenvalue weighted by Crippen LogP contribution is 2.32. The van der Waals surface area contributed by atoms with Gasteiger partial charge in [-0.25, -0.2) is 4.39 Å². The Kier molecular flexibility index (Phi) is 3.42. The van der Waals surface area contributed by atoms with Crippen LogP contribution in [-0.4, -0.2) is 7.85 Å². The third kappa shape index (κ3) is 2.98. The van der Waals surface area contributed by atoms with Crippen molar-refractivity contribution in [3.05, 3.63) is 34.9 Å². The fraction of sp³-hybridized carbons (Fsp3) is 0.400. The predicted octanol–water partition coefficient (Wildman–Crippen LogP) is 3.40. The van der Waals surface area contributed by atoms with E-state index in [1.54, 1.807) is 6.92 Å². The van der Waals surface area contributed by atoms with E-state index >= 15 is 0 Å². The van der Waals surface area contributed by atoms with E-state index in [1.165, 1.54) is 6.07 Å². The lowest BCUT2D eigenvalue weighted by Crippen LogP contribution is -2.07. The molecule has 0 aliphatic carbocycles. The second-order valence-corrected chi connectivity index (χ2v) is 3.38. The molecule has 1 atom stereocenters. The van der Waals surface area contributed by atoms with Gasteiger partial charge in [-0.15, -0.1) is 0 Å². The van der Waals surface area contributed by atoms with Gasteiger partial charge >= 0.3 is 6.18 Å². The first kappa shape index (κ1) is 12.1. The van der Waals surface area contributed by atoms with E-state index in [9.17, 15) is 17.6 Å². The van der Waals surface area contributed by atoms with E-state index in [0.717, 1.165) is 12.1 Å². The Morgan fingerprint density at radius 1 is 1.27 bits per heavy atom. The Morgan fingerprint density at radius 2 is 1.87 bits per heavy atom. The van der Waals surface area contributed by atoms with Gasteiger partial charge in [-0.1, -0.05) is 24.4 Å². The van der Waals surface area contributed by atoms with Gasteiger partial charge in [0, 0.05) is 0 Å². The summed E-state index contributed by atoms with van der Waals surface area (Å²) < 4.78 is 49.5. The normalized spacial score (nSPS) is 13.9. The molecule has 0 saturated heterocycles. The van der Waals surface area contributed by atoms with E-state index in [4.69, 9.17) is 7.85 Å². The first-order valence-electron chi connectivity index (χ1n) is 4.37. The van der Waals surface area contributed by atoms with E-state index < -0.39 is 24.2 Å². The molecule has 1 aromatic rings. The van der Waals surface area contributed by atoms with Crippen LogP contribution < -0.4 is 0 Å². The van der Waals surface area contributed by atoms with Gasteiger partial charge in [0.05, 0.1) is 13.4 Å². The Bertz CT molecular complexity index is 344. The van der Waals surface area contributed by atoms with E-state index in [0.29, 0.717) is 0 Å². The van der Waals surface area contributed by atoms with Crippen LogP contribution in [0.4, 0.5) is 17.6 Å². The molecule has 0 nitrogen and oxygen atoms in total. The quantitative estimate of drug-likeness (QED) is 0.524. The zero-order valence-electron chi connectivity index (χ0n) is 8.11. The molecule has 0 aliphatic rings. The highest BCUT2D eigenvalue weighted by molar-refractivity contribution is 6.12. The first-order valence-corrected chi connectivity index (χ1v) is 4.37. The van der Waals surface area contributed by atoms with Crippen molar-refractivity contribution >= 4 is 7.85 Å². The summed E-state index contributed by atoms with van der Waals surface area (Å²) in [6, 6.07) is 3.09. The molecular weight excluding hydrogens is 207 g/mol. The molecule has 1 unspecified atom stereocenters. The van der Waals surface area contributed by atoms with E-state index in [-0.39, 0.29) is 11.1 Å². The Morgan fingerprint density at radius 3 is 2.27 bits per heavy atom. The fourth-order valence-electron chi connectivity index (χ4n) is 1.22. The SMILES string of the molecule is [B]C(C)c1cc(CF)cc(C(F)(F)F)c1. The molecule has 1 aromatic carbocycles. The van der Waals surface area contributed by atoms with Gasteiger partial charge in [0.25, 0.3) is 0 Å². The molecule has 2 radical (unpaired) electrons. The molecule has 0 aliphatic heterocycles. The Balaban J connectivity index is 3.23. The molecule has 0 heterocycles. The lowest BCUT2D eigenvalue weighted by molar-refractivity contribution is -0.137. The number of hydrogen-bond acceptors (Lipinski definition) is 0. The van der Waals surface area contributed by atoms with Crippen molar-refractivity contribution < 1.29 is 17.6 Å². The Labute approximate surface area is 86.7 Å². The fourth-order valence-corrected chi connectivity index (χ4v) is 1.22. The van der Waals surface area contributed by atoms with Crippen molar-refractivity contribution in [1.29, 1.82) is 0 Å². The Hall–Kier alpha value is -0.995. The number of hydrogen-bond donors (Lipinski definition) is 0. The average molecular weight is 216 g/mol. The topological polar surface area (TPSA) is 0 Å². The van der Waals surface area contributed by atoms with Crippen LogP contribution in [0.3, 0.4) is 0 Å². The molecule has 5 heteroatoms. The molecule has 0 fully saturated rings. The number of benzene rings is 1. The molecule has 80 valence electrons. The molecule has 0 spiro atoms. The lowest BCUT2D eigenvalue weighted by atomic mass is 9.82. The summed E-state index contributed by atoms with van der Waals surface area (Å²) in [6.45, 7) is 0.626. The maximum absolute atomic E-state index is 12.4. The molecule has 0 amide bonds. The van der Waals surface area contributed by atoms with Gasteiger partial charge in [-0.05, 0) is 17.7 Å². The second-order valence-electron chi connectivity index (χ2n) is 3.38. The summed E-state index contributed by atoms with van der Waals surface area (Å²) in [5.41, 5.74) is -0.570. The molecule has 0 N–H and O–H groups in total. The molecular formula is C10H9BF4. The summed E-state index contributed by atoms with van der Waals surface area (Å²) >= 11 is 0. The zero-order valence-corrected chi connectivity index (χ0v) is 8.11. The standard InChI is InChI=1S/C10H9BF4/c1-6(11)8-2-7(5-12)3-9(4-8)10(13,14)15/h2-4,6H,5H2,1H3. The number of rotatable bonds is 2. The van der Waals surface area contributed by atoms with Gasteiger partial charge in [0.1, 0.15) is 6.67 Å². The largest absolute Gasteiger partial charge is 0.416 e. The summed E-state index contributed by atoms with van der Waals surface area (Å²) in [5, 5.41) is 0. The summed E-state index contributed by atoms with van der Waals surface area (Å²) in [6.07, 6.45) is -4.46.